The van der Waals surface area contributed by atoms with E-state index >= 15 is 0 Å². The molecule has 0 aliphatic carbocycles. The maximum absolute atomic E-state index is 14.2. The Labute approximate surface area is 267 Å². The Kier molecular flexibility index (Phi) is 9.02. The van der Waals surface area contributed by atoms with Crippen LogP contribution in [0.3, 0.4) is 0 Å². The maximum Gasteiger partial charge on any atom is 0.164 e. The minimum Gasteiger partial charge on any atom is -0.512 e. The van der Waals surface area contributed by atoms with Crippen LogP contribution < -0.4 is 0 Å². The molecule has 0 spiro atoms. The van der Waals surface area contributed by atoms with Crippen molar-refractivity contribution in [2.75, 3.05) is 0 Å². The molecule has 5 heteroatoms. The molecule has 41 heavy (non-hydrogen) atoms. The van der Waals surface area contributed by atoms with E-state index < -0.39 is 13.7 Å². The molecule has 1 heterocycles. The molecule has 3 aromatic carbocycles. The number of hydrogen-bond acceptors (Lipinski definition) is 3. The first-order chi connectivity index (χ1) is 21.3. The summed E-state index contributed by atoms with van der Waals surface area (Å²) in [5, 5.41) is 12.7. The average molecular weight is 739 g/mol. The molecule has 4 rings (SSSR count). The topological polar surface area (TPSA) is 50.2 Å². The van der Waals surface area contributed by atoms with Gasteiger partial charge >= 0.3 is 0 Å². The van der Waals surface area contributed by atoms with Gasteiger partial charge in [-0.25, -0.2) is 4.39 Å². The van der Waals surface area contributed by atoms with Gasteiger partial charge in [-0.05, 0) is 59.7 Å². The fraction of sp³-hybridized carbons (Fsp3) is 0.389. The van der Waals surface area contributed by atoms with Crippen LogP contribution in [0.5, 0.6) is 0 Å². The number of nitrogens with zero attached hydrogens (tertiary/aromatic N) is 1. The van der Waals surface area contributed by atoms with Crippen molar-refractivity contribution in [1.29, 1.82) is 0 Å². The van der Waals surface area contributed by atoms with Crippen LogP contribution in [-0.2, 0) is 24.9 Å². The number of carbonyl (C=O) groups is 1. The molecule has 0 bridgehead atoms. The van der Waals surface area contributed by atoms with Crippen molar-refractivity contribution in [3.05, 3.63) is 89.6 Å². The summed E-state index contributed by atoms with van der Waals surface area (Å²) in [7, 11) is 0. The number of aliphatic hydroxyl groups excluding tert-OH is 1. The second-order valence-corrected chi connectivity index (χ2v) is 10.8. The minimum atomic E-state index is -2.52. The normalized spacial score (nSPS) is 14.9. The third kappa shape index (κ3) is 7.50. The summed E-state index contributed by atoms with van der Waals surface area (Å²) in [5.74, 6) is -0.0582. The zero-order valence-electron chi connectivity index (χ0n) is 30.6. The molecule has 1 aromatic heterocycles. The molecule has 0 amide bonds. The molecule has 221 valence electrons. The standard InChI is InChI=1S/C21H15FN.C15H28O2.Ir/c1-13-10-14(2)12-15(11-13)21-19-7-6-18-16(4-3-5-20(18)22)17(19)8-9-23-21;1-7-14(5,8-2)12(16)11-13(17)15(6,9-3)10-4;/h3-11H,1-2H3;11,16H,7-10H2,1-6H3;/q-1;;/b;12-11-;/i1D3,2D3;;. The van der Waals surface area contributed by atoms with Gasteiger partial charge in [0.05, 0.1) is 0 Å². The summed E-state index contributed by atoms with van der Waals surface area (Å²) in [6.07, 6.45) is 6.29. The van der Waals surface area contributed by atoms with Gasteiger partial charge in [0.25, 0.3) is 0 Å². The largest absolute Gasteiger partial charge is 0.512 e. The predicted octanol–water partition coefficient (Wildman–Crippen LogP) is 10.3. The molecule has 1 radical (unpaired) electrons. The molecular formula is C36H43FIrNO2-. The van der Waals surface area contributed by atoms with Crippen molar-refractivity contribution in [3.8, 4) is 11.3 Å². The quantitative estimate of drug-likeness (QED) is 0.0848. The van der Waals surface area contributed by atoms with Crippen molar-refractivity contribution in [3.63, 3.8) is 0 Å². The zero-order chi connectivity index (χ0) is 34.7. The van der Waals surface area contributed by atoms with E-state index in [4.69, 9.17) is 8.22 Å². The summed E-state index contributed by atoms with van der Waals surface area (Å²) in [6.45, 7) is 7.08. The van der Waals surface area contributed by atoms with Gasteiger partial charge in [-0.2, -0.15) is 0 Å². The van der Waals surface area contributed by atoms with E-state index in [1.54, 1.807) is 30.3 Å². The summed E-state index contributed by atoms with van der Waals surface area (Å²) in [5.41, 5.74) is -0.222. The Morgan fingerprint density at radius 3 is 2.17 bits per heavy atom. The molecule has 0 aliphatic rings. The van der Waals surface area contributed by atoms with Gasteiger partial charge in [0.2, 0.25) is 0 Å². The smallest absolute Gasteiger partial charge is 0.164 e. The Morgan fingerprint density at radius 1 is 0.927 bits per heavy atom. The third-order valence-electron chi connectivity index (χ3n) is 8.48. The van der Waals surface area contributed by atoms with E-state index in [1.807, 2.05) is 41.5 Å². The first-order valence-corrected chi connectivity index (χ1v) is 13.8. The van der Waals surface area contributed by atoms with Crippen molar-refractivity contribution < 1.29 is 42.6 Å². The molecular weight excluding hydrogens is 690 g/mol. The van der Waals surface area contributed by atoms with E-state index in [0.29, 0.717) is 21.9 Å². The van der Waals surface area contributed by atoms with Gasteiger partial charge in [-0.1, -0.05) is 79.5 Å². The number of allylic oxidation sites excluding steroid dienone is 2. The number of aryl methyl sites for hydroxylation is 2. The van der Waals surface area contributed by atoms with Gasteiger partial charge in [-0.15, -0.1) is 34.9 Å². The number of aromatic nitrogens is 1. The second-order valence-electron chi connectivity index (χ2n) is 10.8. The van der Waals surface area contributed by atoms with E-state index in [1.165, 1.54) is 24.4 Å². The minimum absolute atomic E-state index is 0. The molecule has 4 aromatic rings. The summed E-state index contributed by atoms with van der Waals surface area (Å²) in [6, 6.07) is 15.2. The van der Waals surface area contributed by atoms with E-state index in [2.05, 4.69) is 11.1 Å². The van der Waals surface area contributed by atoms with E-state index in [0.717, 1.165) is 37.1 Å². The van der Waals surface area contributed by atoms with Gasteiger partial charge in [0.15, 0.2) is 5.78 Å². The monoisotopic (exact) mass is 739 g/mol. The first kappa shape index (κ1) is 25.8. The maximum atomic E-state index is 14.2. The van der Waals surface area contributed by atoms with Crippen molar-refractivity contribution in [2.24, 2.45) is 10.8 Å². The van der Waals surface area contributed by atoms with Crippen LogP contribution in [0, 0.1) is 36.4 Å². The van der Waals surface area contributed by atoms with Gasteiger partial charge in [-0.3, -0.25) is 4.79 Å². The molecule has 0 atom stereocenters. The van der Waals surface area contributed by atoms with Crippen LogP contribution in [0.4, 0.5) is 4.39 Å². The third-order valence-corrected chi connectivity index (χ3v) is 8.48. The van der Waals surface area contributed by atoms with Crippen molar-refractivity contribution in [2.45, 2.75) is 80.9 Å². The molecule has 3 nitrogen and oxygen atoms in total. The SMILES string of the molecule is CCC(C)(CC)C(=O)/C=C(\O)C(C)(CC)CC.[2H]C([2H])([2H])c1[c-]c(-c2nccc3c2ccc2c(F)cccc23)cc(C([2H])([2H])[2H])c1.[Ir]. The first-order valence-electron chi connectivity index (χ1n) is 16.8. The van der Waals surface area contributed by atoms with Crippen molar-refractivity contribution >= 4 is 27.3 Å². The number of aliphatic hydroxyl groups is 1. The number of carbonyl (C=O) groups excluding carboxylic acids is 1. The van der Waals surface area contributed by atoms with Crippen molar-refractivity contribution in [1.82, 2.24) is 4.98 Å². The fourth-order valence-corrected chi connectivity index (χ4v) is 4.58. The molecule has 1 N–H and O–H groups in total. The van der Waals surface area contributed by atoms with Gasteiger partial charge in [0, 0.05) is 56.8 Å². The molecule has 0 saturated carbocycles. The number of rotatable bonds is 8. The predicted molar refractivity (Wildman–Crippen MR) is 166 cm³/mol. The summed E-state index contributed by atoms with van der Waals surface area (Å²) in [4.78, 5) is 16.5. The average Bonchev–Trinajstić information content (AvgIpc) is 3.02. The number of pyridine rings is 1. The van der Waals surface area contributed by atoms with E-state index in [-0.39, 0.29) is 65.0 Å². The Balaban J connectivity index is 0.000000370. The number of halogens is 1. The van der Waals surface area contributed by atoms with E-state index in [9.17, 15) is 14.3 Å². The van der Waals surface area contributed by atoms with Gasteiger partial charge in [0.1, 0.15) is 11.6 Å². The van der Waals surface area contributed by atoms with Crippen LogP contribution in [0.1, 0.15) is 86.6 Å². The molecule has 0 fully saturated rings. The number of fused-ring (bicyclic) bond motifs is 3. The zero-order valence-corrected chi connectivity index (χ0v) is 27.0. The van der Waals surface area contributed by atoms with Crippen LogP contribution in [-0.4, -0.2) is 15.9 Å². The Bertz CT molecular complexity index is 1710. The van der Waals surface area contributed by atoms with Crippen LogP contribution >= 0.6 is 0 Å². The Morgan fingerprint density at radius 2 is 1.56 bits per heavy atom. The molecule has 0 unspecified atom stereocenters. The molecule has 0 saturated heterocycles. The number of benzene rings is 3. The second kappa shape index (κ2) is 14.3. The number of ketones is 1. The summed E-state index contributed by atoms with van der Waals surface area (Å²) < 4.78 is 60.3. The van der Waals surface area contributed by atoms with Crippen LogP contribution in [0.25, 0.3) is 32.8 Å². The number of hydrogen-bond donors (Lipinski definition) is 1. The van der Waals surface area contributed by atoms with Crippen LogP contribution in [0.2, 0.25) is 0 Å². The van der Waals surface area contributed by atoms with Crippen LogP contribution in [0.15, 0.2) is 66.6 Å². The molecule has 0 aliphatic heterocycles. The fourth-order valence-electron chi connectivity index (χ4n) is 4.58. The van der Waals surface area contributed by atoms with Gasteiger partial charge < -0.3 is 10.1 Å². The Hall–Kier alpha value is -2.88. The summed E-state index contributed by atoms with van der Waals surface area (Å²) >= 11 is 0.